The van der Waals surface area contributed by atoms with Crippen LogP contribution in [0.15, 0.2) is 48.5 Å². The molecule has 0 bridgehead atoms. The molecule has 2 aromatic carbocycles. The molecule has 0 aliphatic carbocycles. The summed E-state index contributed by atoms with van der Waals surface area (Å²) >= 11 is 0. The highest BCUT2D eigenvalue weighted by atomic mass is 16.6. The van der Waals surface area contributed by atoms with E-state index in [1.807, 2.05) is 12.1 Å². The molecule has 1 unspecified atom stereocenters. The molecule has 7 nitrogen and oxygen atoms in total. The second kappa shape index (κ2) is 7.99. The summed E-state index contributed by atoms with van der Waals surface area (Å²) in [6, 6.07) is 12.0. The Kier molecular flexibility index (Phi) is 5.95. The normalized spacial score (nSPS) is 12.1. The number of amides is 2. The summed E-state index contributed by atoms with van der Waals surface area (Å²) < 4.78 is 0. The Bertz CT molecular complexity index is 854. The lowest BCUT2D eigenvalue weighted by molar-refractivity contribution is -0.384. The fraction of sp³-hybridized carbons (Fsp3) is 0.300. The van der Waals surface area contributed by atoms with E-state index in [1.54, 1.807) is 25.1 Å². The Morgan fingerprint density at radius 3 is 2.26 bits per heavy atom. The number of rotatable bonds is 5. The molecule has 1 atom stereocenters. The lowest BCUT2D eigenvalue weighted by Crippen LogP contribution is -2.41. The first-order valence-electron chi connectivity index (χ1n) is 8.54. The van der Waals surface area contributed by atoms with E-state index in [9.17, 15) is 19.7 Å². The van der Waals surface area contributed by atoms with Crippen LogP contribution in [0.4, 0.5) is 11.4 Å². The van der Waals surface area contributed by atoms with Crippen LogP contribution in [0.3, 0.4) is 0 Å². The molecule has 0 fully saturated rings. The first-order chi connectivity index (χ1) is 12.6. The van der Waals surface area contributed by atoms with Gasteiger partial charge in [0.15, 0.2) is 0 Å². The van der Waals surface area contributed by atoms with Crippen molar-refractivity contribution in [1.82, 2.24) is 5.32 Å². The van der Waals surface area contributed by atoms with Gasteiger partial charge in [-0.15, -0.1) is 0 Å². The van der Waals surface area contributed by atoms with Crippen LogP contribution in [0.2, 0.25) is 0 Å². The molecule has 0 aromatic heterocycles. The SMILES string of the molecule is CC(NC(=O)c1ccc(C(C)(C)C)cc1)C(=O)Nc1cccc([N+](=O)[O-])c1. The smallest absolute Gasteiger partial charge is 0.271 e. The third kappa shape index (κ3) is 5.37. The Labute approximate surface area is 157 Å². The van der Waals surface area contributed by atoms with Gasteiger partial charge in [-0.2, -0.15) is 0 Å². The van der Waals surface area contributed by atoms with E-state index in [-0.39, 0.29) is 17.0 Å². The van der Waals surface area contributed by atoms with Crippen molar-refractivity contribution in [2.75, 3.05) is 5.32 Å². The molecule has 0 heterocycles. The van der Waals surface area contributed by atoms with Crippen molar-refractivity contribution < 1.29 is 14.5 Å². The summed E-state index contributed by atoms with van der Waals surface area (Å²) in [5, 5.41) is 16.0. The minimum Gasteiger partial charge on any atom is -0.341 e. The summed E-state index contributed by atoms with van der Waals surface area (Å²) in [5.41, 5.74) is 1.72. The third-order valence-corrected chi connectivity index (χ3v) is 4.08. The zero-order valence-corrected chi connectivity index (χ0v) is 15.8. The molecular weight excluding hydrogens is 346 g/mol. The van der Waals surface area contributed by atoms with Crippen LogP contribution in [0.25, 0.3) is 0 Å². The number of non-ortho nitro benzene ring substituents is 1. The van der Waals surface area contributed by atoms with E-state index in [0.29, 0.717) is 11.3 Å². The Morgan fingerprint density at radius 2 is 1.70 bits per heavy atom. The number of carbonyl (C=O) groups excluding carboxylic acids is 2. The van der Waals surface area contributed by atoms with E-state index in [1.165, 1.54) is 18.2 Å². The lowest BCUT2D eigenvalue weighted by Gasteiger charge is -2.19. The summed E-state index contributed by atoms with van der Waals surface area (Å²) in [6.45, 7) is 7.81. The number of nitrogens with zero attached hydrogens (tertiary/aromatic N) is 1. The number of carbonyl (C=O) groups is 2. The van der Waals surface area contributed by atoms with E-state index < -0.39 is 16.9 Å². The monoisotopic (exact) mass is 369 g/mol. The second-order valence-corrected chi connectivity index (χ2v) is 7.32. The Morgan fingerprint density at radius 1 is 1.07 bits per heavy atom. The number of anilines is 1. The highest BCUT2D eigenvalue weighted by Crippen LogP contribution is 2.22. The number of nitrogens with one attached hydrogen (secondary N) is 2. The van der Waals surface area contributed by atoms with Gasteiger partial charge in [0, 0.05) is 23.4 Å². The quantitative estimate of drug-likeness (QED) is 0.620. The van der Waals surface area contributed by atoms with Crippen molar-refractivity contribution in [2.45, 2.75) is 39.2 Å². The van der Waals surface area contributed by atoms with Crippen LogP contribution in [0.1, 0.15) is 43.6 Å². The first kappa shape index (κ1) is 20.1. The highest BCUT2D eigenvalue weighted by molar-refractivity contribution is 6.01. The maximum absolute atomic E-state index is 12.3. The van der Waals surface area contributed by atoms with Gasteiger partial charge in [-0.25, -0.2) is 0 Å². The van der Waals surface area contributed by atoms with Gasteiger partial charge in [0.1, 0.15) is 6.04 Å². The average Bonchev–Trinajstić information content (AvgIpc) is 2.61. The molecule has 0 aliphatic rings. The summed E-state index contributed by atoms with van der Waals surface area (Å²) in [6.07, 6.45) is 0. The van der Waals surface area contributed by atoms with Gasteiger partial charge >= 0.3 is 0 Å². The maximum Gasteiger partial charge on any atom is 0.271 e. The van der Waals surface area contributed by atoms with Crippen LogP contribution in [0.5, 0.6) is 0 Å². The molecular formula is C20H23N3O4. The Hall–Kier alpha value is -3.22. The number of hydrogen-bond acceptors (Lipinski definition) is 4. The number of benzene rings is 2. The zero-order chi connectivity index (χ0) is 20.2. The topological polar surface area (TPSA) is 101 Å². The number of nitro benzene ring substituents is 1. The third-order valence-electron chi connectivity index (χ3n) is 4.08. The lowest BCUT2D eigenvalue weighted by atomic mass is 9.86. The molecule has 7 heteroatoms. The van der Waals surface area contributed by atoms with Gasteiger partial charge in [-0.3, -0.25) is 19.7 Å². The minimum atomic E-state index is -0.806. The molecule has 0 radical (unpaired) electrons. The highest BCUT2D eigenvalue weighted by Gasteiger charge is 2.19. The van der Waals surface area contributed by atoms with Crippen molar-refractivity contribution in [3.63, 3.8) is 0 Å². The molecule has 0 spiro atoms. The van der Waals surface area contributed by atoms with Crippen molar-refractivity contribution >= 4 is 23.2 Å². The van der Waals surface area contributed by atoms with Crippen LogP contribution in [0, 0.1) is 10.1 Å². The van der Waals surface area contributed by atoms with Gasteiger partial charge in [0.05, 0.1) is 4.92 Å². The minimum absolute atomic E-state index is 0.0134. The van der Waals surface area contributed by atoms with Gasteiger partial charge in [0.25, 0.3) is 11.6 Å². The summed E-state index contributed by atoms with van der Waals surface area (Å²) in [4.78, 5) is 34.8. The molecule has 0 saturated heterocycles. The summed E-state index contributed by atoms with van der Waals surface area (Å²) in [5.74, 6) is -0.827. The van der Waals surface area contributed by atoms with E-state index in [0.717, 1.165) is 5.56 Å². The Balaban J connectivity index is 2.00. The van der Waals surface area contributed by atoms with E-state index in [2.05, 4.69) is 31.4 Å². The predicted octanol–water partition coefficient (Wildman–Crippen LogP) is 3.65. The second-order valence-electron chi connectivity index (χ2n) is 7.32. The van der Waals surface area contributed by atoms with Gasteiger partial charge < -0.3 is 10.6 Å². The van der Waals surface area contributed by atoms with Gasteiger partial charge in [0.2, 0.25) is 5.91 Å². The van der Waals surface area contributed by atoms with Crippen LogP contribution < -0.4 is 10.6 Å². The van der Waals surface area contributed by atoms with Crippen LogP contribution >= 0.6 is 0 Å². The molecule has 2 N–H and O–H groups in total. The largest absolute Gasteiger partial charge is 0.341 e. The fourth-order valence-corrected chi connectivity index (χ4v) is 2.41. The van der Waals surface area contributed by atoms with Gasteiger partial charge in [-0.1, -0.05) is 39.0 Å². The molecule has 142 valence electrons. The standard InChI is InChI=1S/C20H23N3O4/c1-13(18(24)22-16-6-5-7-17(12-16)23(26)27)21-19(25)14-8-10-15(11-9-14)20(2,3)4/h5-13H,1-4H3,(H,21,25)(H,22,24). The van der Waals surface area contributed by atoms with Crippen molar-refractivity contribution in [2.24, 2.45) is 0 Å². The van der Waals surface area contributed by atoms with E-state index >= 15 is 0 Å². The molecule has 2 rings (SSSR count). The molecule has 2 amide bonds. The molecule has 0 aliphatic heterocycles. The van der Waals surface area contributed by atoms with Crippen molar-refractivity contribution in [3.8, 4) is 0 Å². The van der Waals surface area contributed by atoms with E-state index in [4.69, 9.17) is 0 Å². The molecule has 0 saturated carbocycles. The van der Waals surface area contributed by atoms with Crippen molar-refractivity contribution in [3.05, 3.63) is 69.8 Å². The van der Waals surface area contributed by atoms with Gasteiger partial charge in [-0.05, 0) is 36.1 Å². The molecule has 2 aromatic rings. The van der Waals surface area contributed by atoms with Crippen LogP contribution in [-0.4, -0.2) is 22.8 Å². The zero-order valence-electron chi connectivity index (χ0n) is 15.8. The number of hydrogen-bond donors (Lipinski definition) is 2. The average molecular weight is 369 g/mol. The van der Waals surface area contributed by atoms with Crippen molar-refractivity contribution in [1.29, 1.82) is 0 Å². The fourth-order valence-electron chi connectivity index (χ4n) is 2.41. The predicted molar refractivity (Wildman–Crippen MR) is 104 cm³/mol. The summed E-state index contributed by atoms with van der Waals surface area (Å²) in [7, 11) is 0. The van der Waals surface area contributed by atoms with Crippen LogP contribution in [-0.2, 0) is 10.2 Å². The molecule has 27 heavy (non-hydrogen) atoms. The number of nitro groups is 1. The first-order valence-corrected chi connectivity index (χ1v) is 8.54. The maximum atomic E-state index is 12.3.